The summed E-state index contributed by atoms with van der Waals surface area (Å²) >= 11 is 0. The number of nitrogens with one attached hydrogen (secondary N) is 2. The van der Waals surface area contributed by atoms with Gasteiger partial charge < -0.3 is 10.1 Å². The molecule has 0 radical (unpaired) electrons. The van der Waals surface area contributed by atoms with Crippen LogP contribution in [-0.4, -0.2) is 24.1 Å². The van der Waals surface area contributed by atoms with Crippen molar-refractivity contribution in [2.45, 2.75) is 26.3 Å². The molecule has 0 unspecified atom stereocenters. The Morgan fingerprint density at radius 1 is 1.09 bits per heavy atom. The molecule has 1 rings (SSSR count). The summed E-state index contributed by atoms with van der Waals surface area (Å²) in [5.74, 6) is -9.30. The van der Waals surface area contributed by atoms with Gasteiger partial charge in [0, 0.05) is 11.6 Å². The molecule has 122 valence electrons. The second kappa shape index (κ2) is 6.63. The summed E-state index contributed by atoms with van der Waals surface area (Å²) in [7, 11) is 0. The summed E-state index contributed by atoms with van der Waals surface area (Å²) in [6.07, 6.45) is 0. The van der Waals surface area contributed by atoms with E-state index in [-0.39, 0.29) is 6.07 Å². The molecule has 0 saturated carbocycles. The number of ether oxygens (including phenoxy) is 1. The first kappa shape index (κ1) is 17.7. The summed E-state index contributed by atoms with van der Waals surface area (Å²) in [5.41, 5.74) is -0.616. The highest BCUT2D eigenvalue weighted by Gasteiger charge is 2.22. The van der Waals surface area contributed by atoms with Crippen LogP contribution in [0, 0.1) is 23.3 Å². The third-order valence-electron chi connectivity index (χ3n) is 2.16. The summed E-state index contributed by atoms with van der Waals surface area (Å²) < 4.78 is 56.7. The first-order valence-electron chi connectivity index (χ1n) is 6.09. The topological polar surface area (TPSA) is 67.4 Å². The number of hydrogen-bond donors (Lipinski definition) is 2. The van der Waals surface area contributed by atoms with Crippen LogP contribution < -0.4 is 15.4 Å². The lowest BCUT2D eigenvalue weighted by Crippen LogP contribution is -2.49. The zero-order valence-corrected chi connectivity index (χ0v) is 12.0. The van der Waals surface area contributed by atoms with Crippen LogP contribution in [-0.2, 0) is 4.79 Å². The Morgan fingerprint density at radius 2 is 1.59 bits per heavy atom. The average Bonchev–Trinajstić information content (AvgIpc) is 2.34. The van der Waals surface area contributed by atoms with Crippen molar-refractivity contribution in [2.24, 2.45) is 0 Å². The van der Waals surface area contributed by atoms with Crippen molar-refractivity contribution in [2.75, 3.05) is 6.61 Å². The summed E-state index contributed by atoms with van der Waals surface area (Å²) in [6.45, 7) is 3.98. The third-order valence-corrected chi connectivity index (χ3v) is 2.16. The minimum atomic E-state index is -1.77. The van der Waals surface area contributed by atoms with Crippen molar-refractivity contribution in [3.63, 3.8) is 0 Å². The van der Waals surface area contributed by atoms with E-state index < -0.39 is 53.1 Å². The molecule has 5 nitrogen and oxygen atoms in total. The van der Waals surface area contributed by atoms with Gasteiger partial charge in [0.15, 0.2) is 24.0 Å². The maximum Gasteiger partial charge on any atom is 0.321 e. The molecule has 0 aliphatic heterocycles. The number of rotatable bonds is 3. The first-order valence-corrected chi connectivity index (χ1v) is 6.09. The van der Waals surface area contributed by atoms with Crippen molar-refractivity contribution in [3.05, 3.63) is 29.3 Å². The number of benzene rings is 1. The van der Waals surface area contributed by atoms with Crippen LogP contribution in [0.5, 0.6) is 5.75 Å². The molecule has 9 heteroatoms. The van der Waals surface area contributed by atoms with Crippen molar-refractivity contribution >= 4 is 11.9 Å². The second-order valence-corrected chi connectivity index (χ2v) is 5.34. The van der Waals surface area contributed by atoms with Gasteiger partial charge >= 0.3 is 6.03 Å². The van der Waals surface area contributed by atoms with Crippen LogP contribution in [0.2, 0.25) is 0 Å². The van der Waals surface area contributed by atoms with Gasteiger partial charge in [-0.15, -0.1) is 0 Å². The van der Waals surface area contributed by atoms with Crippen molar-refractivity contribution in [3.8, 4) is 5.75 Å². The Bertz CT molecular complexity index is 574. The quantitative estimate of drug-likeness (QED) is 0.662. The van der Waals surface area contributed by atoms with Gasteiger partial charge in [0.05, 0.1) is 0 Å². The Labute approximate surface area is 123 Å². The van der Waals surface area contributed by atoms with E-state index in [9.17, 15) is 27.2 Å². The lowest BCUT2D eigenvalue weighted by molar-refractivity contribution is -0.122. The summed E-state index contributed by atoms with van der Waals surface area (Å²) in [5, 5.41) is 4.22. The SMILES string of the molecule is CC(C)(C)NC(=O)NC(=O)COc1c(F)c(F)cc(F)c1F. The van der Waals surface area contributed by atoms with E-state index in [1.807, 2.05) is 5.32 Å². The Morgan fingerprint density at radius 3 is 2.05 bits per heavy atom. The van der Waals surface area contributed by atoms with Gasteiger partial charge in [-0.2, -0.15) is 8.78 Å². The maximum atomic E-state index is 13.3. The second-order valence-electron chi connectivity index (χ2n) is 5.34. The molecule has 0 saturated heterocycles. The monoisotopic (exact) mass is 322 g/mol. The predicted molar refractivity (Wildman–Crippen MR) is 68.2 cm³/mol. The van der Waals surface area contributed by atoms with Crippen LogP contribution in [0.4, 0.5) is 22.4 Å². The van der Waals surface area contributed by atoms with Crippen LogP contribution in [0.15, 0.2) is 6.07 Å². The molecule has 0 fully saturated rings. The standard InChI is InChI=1S/C13H14F4N2O3/c1-13(2,3)19-12(21)18-8(20)5-22-11-9(16)6(14)4-7(15)10(11)17/h4H,5H2,1-3H3,(H2,18,19,20,21). The Hall–Kier alpha value is -2.32. The third kappa shape index (κ3) is 4.90. The number of carbonyl (C=O) groups excluding carboxylic acids is 2. The van der Waals surface area contributed by atoms with Gasteiger partial charge in [-0.05, 0) is 20.8 Å². The zero-order valence-electron chi connectivity index (χ0n) is 12.0. The molecular weight excluding hydrogens is 308 g/mol. The van der Waals surface area contributed by atoms with Crippen LogP contribution in [0.1, 0.15) is 20.8 Å². The molecule has 2 N–H and O–H groups in total. The van der Waals surface area contributed by atoms with Gasteiger partial charge in [-0.1, -0.05) is 0 Å². The molecule has 0 aromatic heterocycles. The highest BCUT2D eigenvalue weighted by Crippen LogP contribution is 2.26. The molecule has 1 aromatic rings. The average molecular weight is 322 g/mol. The van der Waals surface area contributed by atoms with E-state index in [2.05, 4.69) is 10.1 Å². The Balaban J connectivity index is 2.68. The number of amides is 3. The molecule has 22 heavy (non-hydrogen) atoms. The van der Waals surface area contributed by atoms with Crippen LogP contribution in [0.3, 0.4) is 0 Å². The summed E-state index contributed by atoms with van der Waals surface area (Å²) in [6, 6.07) is -0.846. The number of hydrogen-bond acceptors (Lipinski definition) is 3. The normalized spacial score (nSPS) is 11.0. The number of carbonyl (C=O) groups is 2. The van der Waals surface area contributed by atoms with E-state index in [4.69, 9.17) is 0 Å². The molecule has 0 heterocycles. The highest BCUT2D eigenvalue weighted by atomic mass is 19.2. The molecule has 0 atom stereocenters. The molecule has 0 aliphatic carbocycles. The van der Waals surface area contributed by atoms with Gasteiger partial charge in [0.25, 0.3) is 5.91 Å². The molecule has 0 bridgehead atoms. The summed E-state index contributed by atoms with van der Waals surface area (Å²) in [4.78, 5) is 22.7. The number of imide groups is 1. The number of halogens is 4. The van der Waals surface area contributed by atoms with Gasteiger partial charge in [-0.3, -0.25) is 10.1 Å². The van der Waals surface area contributed by atoms with E-state index in [0.29, 0.717) is 0 Å². The van der Waals surface area contributed by atoms with E-state index >= 15 is 0 Å². The molecular formula is C13H14F4N2O3. The molecule has 0 spiro atoms. The van der Waals surface area contributed by atoms with E-state index in [1.165, 1.54) is 0 Å². The zero-order chi connectivity index (χ0) is 17.1. The molecule has 1 aromatic carbocycles. The fraction of sp³-hybridized carbons (Fsp3) is 0.385. The van der Waals surface area contributed by atoms with Crippen LogP contribution >= 0.6 is 0 Å². The molecule has 0 aliphatic rings. The molecule has 3 amide bonds. The van der Waals surface area contributed by atoms with Gasteiger partial charge in [0.2, 0.25) is 11.6 Å². The predicted octanol–water partition coefficient (Wildman–Crippen LogP) is 2.25. The maximum absolute atomic E-state index is 13.3. The van der Waals surface area contributed by atoms with Crippen molar-refractivity contribution in [1.29, 1.82) is 0 Å². The minimum Gasteiger partial charge on any atom is -0.477 e. The lowest BCUT2D eigenvalue weighted by Gasteiger charge is -2.20. The van der Waals surface area contributed by atoms with E-state index in [0.717, 1.165) is 0 Å². The van der Waals surface area contributed by atoms with Gasteiger partial charge in [0.1, 0.15) is 0 Å². The fourth-order valence-corrected chi connectivity index (χ4v) is 1.35. The van der Waals surface area contributed by atoms with Crippen molar-refractivity contribution < 1.29 is 31.9 Å². The van der Waals surface area contributed by atoms with Crippen LogP contribution in [0.25, 0.3) is 0 Å². The minimum absolute atomic E-state index is 0.00831. The number of urea groups is 1. The smallest absolute Gasteiger partial charge is 0.321 e. The highest BCUT2D eigenvalue weighted by molar-refractivity contribution is 5.95. The van der Waals surface area contributed by atoms with Gasteiger partial charge in [-0.25, -0.2) is 13.6 Å². The fourth-order valence-electron chi connectivity index (χ4n) is 1.35. The largest absolute Gasteiger partial charge is 0.477 e. The lowest BCUT2D eigenvalue weighted by atomic mass is 10.1. The first-order chi connectivity index (χ1) is 10.0. The van der Waals surface area contributed by atoms with E-state index in [1.54, 1.807) is 20.8 Å². The van der Waals surface area contributed by atoms with Crippen molar-refractivity contribution in [1.82, 2.24) is 10.6 Å². The Kier molecular flexibility index (Phi) is 5.34.